The third kappa shape index (κ3) is 2.87. The van der Waals surface area contributed by atoms with Crippen molar-refractivity contribution in [2.24, 2.45) is 0 Å². The molecule has 0 nitrogen and oxygen atoms in total. The largest absolute Gasteiger partial charge is 0.115 e. The van der Waals surface area contributed by atoms with Gasteiger partial charge in [0.15, 0.2) is 0 Å². The highest BCUT2D eigenvalue weighted by Crippen LogP contribution is 2.19. The van der Waals surface area contributed by atoms with E-state index in [1.807, 2.05) is 12.1 Å². The van der Waals surface area contributed by atoms with Crippen LogP contribution >= 0.6 is 0 Å². The fraction of sp³-hybridized carbons (Fsp3) is 0.158. The van der Waals surface area contributed by atoms with Crippen molar-refractivity contribution in [3.05, 3.63) is 69.8 Å². The normalized spacial score (nSPS) is 9.68. The Morgan fingerprint density at radius 1 is 0.789 bits per heavy atom. The van der Waals surface area contributed by atoms with Crippen molar-refractivity contribution in [1.82, 2.24) is 0 Å². The molecule has 0 aliphatic carbocycles. The molecule has 0 heterocycles. The molecule has 0 saturated heterocycles. The van der Waals surface area contributed by atoms with E-state index in [2.05, 4.69) is 50.0 Å². The number of rotatable bonds is 2. The van der Waals surface area contributed by atoms with Crippen molar-refractivity contribution in [2.45, 2.75) is 20.3 Å². The summed E-state index contributed by atoms with van der Waals surface area (Å²) in [5.41, 5.74) is 6.93. The molecule has 2 aromatic carbocycles. The maximum absolute atomic E-state index is 5.41. The van der Waals surface area contributed by atoms with Crippen LogP contribution in [0, 0.1) is 38.5 Å². The Kier molecular flexibility index (Phi) is 3.74. The van der Waals surface area contributed by atoms with Gasteiger partial charge in [0.2, 0.25) is 0 Å². The third-order valence-electron chi connectivity index (χ3n) is 3.40. The molecule has 0 amide bonds. The second-order valence-corrected chi connectivity index (χ2v) is 4.75. The second kappa shape index (κ2) is 5.47. The lowest BCUT2D eigenvalue weighted by molar-refractivity contribution is 1.13. The molecule has 0 heteroatoms. The zero-order chi connectivity index (χ0) is 13.8. The molecule has 0 radical (unpaired) electrons. The van der Waals surface area contributed by atoms with Crippen molar-refractivity contribution in [1.29, 1.82) is 0 Å². The first kappa shape index (κ1) is 13.0. The molecule has 0 aromatic heterocycles. The van der Waals surface area contributed by atoms with Crippen molar-refractivity contribution in [3.8, 4) is 24.7 Å². The van der Waals surface area contributed by atoms with E-state index in [1.165, 1.54) is 22.3 Å². The monoisotopic (exact) mass is 244 g/mol. The minimum absolute atomic E-state index is 0.910. The molecule has 0 spiro atoms. The summed E-state index contributed by atoms with van der Waals surface area (Å²) in [5.74, 6) is 5.33. The second-order valence-electron chi connectivity index (χ2n) is 4.75. The molecule has 0 aliphatic heterocycles. The number of benzene rings is 2. The van der Waals surface area contributed by atoms with E-state index in [9.17, 15) is 0 Å². The lowest BCUT2D eigenvalue weighted by atomic mass is 9.95. The number of aryl methyl sites for hydroxylation is 2. The summed E-state index contributed by atoms with van der Waals surface area (Å²) in [6, 6.07) is 12.3. The average molecular weight is 244 g/mol. The number of hydrogen-bond donors (Lipinski definition) is 0. The molecule has 0 aliphatic rings. The molecule has 2 aromatic rings. The molecular weight excluding hydrogens is 228 g/mol. The minimum Gasteiger partial charge on any atom is -0.115 e. The molecule has 0 fully saturated rings. The van der Waals surface area contributed by atoms with E-state index in [-0.39, 0.29) is 0 Å². The number of hydrogen-bond acceptors (Lipinski definition) is 0. The fourth-order valence-corrected chi connectivity index (χ4v) is 2.17. The Bertz CT molecular complexity index is 629. The minimum atomic E-state index is 0.910. The van der Waals surface area contributed by atoms with Crippen molar-refractivity contribution >= 4 is 0 Å². The summed E-state index contributed by atoms with van der Waals surface area (Å²) in [4.78, 5) is 0. The van der Waals surface area contributed by atoms with E-state index in [0.29, 0.717) is 0 Å². The zero-order valence-corrected chi connectivity index (χ0v) is 11.3. The van der Waals surface area contributed by atoms with Crippen LogP contribution in [0.2, 0.25) is 0 Å². The van der Waals surface area contributed by atoms with Gasteiger partial charge >= 0.3 is 0 Å². The van der Waals surface area contributed by atoms with Crippen LogP contribution in [-0.4, -0.2) is 0 Å². The van der Waals surface area contributed by atoms with E-state index in [1.54, 1.807) is 0 Å². The predicted molar refractivity (Wildman–Crippen MR) is 81.0 cm³/mol. The lowest BCUT2D eigenvalue weighted by Gasteiger charge is -2.09. The van der Waals surface area contributed by atoms with Gasteiger partial charge in [0.25, 0.3) is 0 Å². The van der Waals surface area contributed by atoms with Crippen molar-refractivity contribution in [3.63, 3.8) is 0 Å². The maximum atomic E-state index is 5.41. The van der Waals surface area contributed by atoms with Gasteiger partial charge in [-0.05, 0) is 66.8 Å². The topological polar surface area (TPSA) is 0 Å². The first-order chi connectivity index (χ1) is 9.13. The van der Waals surface area contributed by atoms with Crippen molar-refractivity contribution < 1.29 is 0 Å². The van der Waals surface area contributed by atoms with E-state index >= 15 is 0 Å². The van der Waals surface area contributed by atoms with Gasteiger partial charge in [0.05, 0.1) is 0 Å². The predicted octanol–water partition coefficient (Wildman–Crippen LogP) is 3.86. The van der Waals surface area contributed by atoms with Gasteiger partial charge < -0.3 is 0 Å². The Hall–Kier alpha value is -2.44. The van der Waals surface area contributed by atoms with Gasteiger partial charge in [-0.25, -0.2) is 0 Å². The average Bonchev–Trinajstić information content (AvgIpc) is 2.42. The fourth-order valence-electron chi connectivity index (χ4n) is 2.17. The molecule has 0 saturated carbocycles. The maximum Gasteiger partial charge on any atom is 0.0245 e. The van der Waals surface area contributed by atoms with E-state index in [0.717, 1.165) is 17.5 Å². The van der Waals surface area contributed by atoms with Crippen molar-refractivity contribution in [2.75, 3.05) is 0 Å². The van der Waals surface area contributed by atoms with Crippen LogP contribution in [0.25, 0.3) is 0 Å². The molecule has 0 unspecified atom stereocenters. The summed E-state index contributed by atoms with van der Waals surface area (Å²) < 4.78 is 0. The van der Waals surface area contributed by atoms with E-state index < -0.39 is 0 Å². The molecule has 92 valence electrons. The molecule has 0 N–H and O–H groups in total. The van der Waals surface area contributed by atoms with Crippen LogP contribution in [0.5, 0.6) is 0 Å². The molecular formula is C19H16. The Morgan fingerprint density at radius 3 is 1.53 bits per heavy atom. The first-order valence-corrected chi connectivity index (χ1v) is 6.26. The molecule has 19 heavy (non-hydrogen) atoms. The van der Waals surface area contributed by atoms with Gasteiger partial charge in [-0.1, -0.05) is 24.0 Å². The van der Waals surface area contributed by atoms with Gasteiger partial charge in [-0.2, -0.15) is 0 Å². The van der Waals surface area contributed by atoms with Gasteiger partial charge in [0, 0.05) is 11.1 Å². The van der Waals surface area contributed by atoms with Gasteiger partial charge in [0.1, 0.15) is 0 Å². The standard InChI is InChI=1S/C19H16/c1-5-16-7-9-18(14(3)11-16)13-19-10-8-17(6-2)12-15(19)4/h1-2,7-12H,13H2,3-4H3. The highest BCUT2D eigenvalue weighted by Gasteiger charge is 2.04. The van der Waals surface area contributed by atoms with Crippen LogP contribution in [0.15, 0.2) is 36.4 Å². The molecule has 0 atom stereocenters. The summed E-state index contributed by atoms with van der Waals surface area (Å²) in [5, 5.41) is 0. The smallest absolute Gasteiger partial charge is 0.0245 e. The Labute approximate surface area is 115 Å². The molecule has 2 rings (SSSR count). The third-order valence-corrected chi connectivity index (χ3v) is 3.40. The summed E-state index contributed by atoms with van der Waals surface area (Å²) in [7, 11) is 0. The van der Waals surface area contributed by atoms with Gasteiger partial charge in [-0.3, -0.25) is 0 Å². The Balaban J connectivity index is 2.32. The summed E-state index contributed by atoms with van der Waals surface area (Å²) in [6.45, 7) is 4.20. The zero-order valence-electron chi connectivity index (χ0n) is 11.3. The molecule has 0 bridgehead atoms. The highest BCUT2D eigenvalue weighted by atomic mass is 14.1. The number of terminal acetylenes is 2. The quantitative estimate of drug-likeness (QED) is 0.704. The lowest BCUT2D eigenvalue weighted by Crippen LogP contribution is -1.95. The Morgan fingerprint density at radius 2 is 1.21 bits per heavy atom. The highest BCUT2D eigenvalue weighted by molar-refractivity contribution is 5.44. The van der Waals surface area contributed by atoms with Gasteiger partial charge in [-0.15, -0.1) is 12.8 Å². The van der Waals surface area contributed by atoms with E-state index in [4.69, 9.17) is 12.8 Å². The SMILES string of the molecule is C#Cc1ccc(Cc2ccc(C#C)cc2C)c(C)c1. The van der Waals surface area contributed by atoms with Crippen LogP contribution in [0.3, 0.4) is 0 Å². The van der Waals surface area contributed by atoms with Crippen LogP contribution in [0.4, 0.5) is 0 Å². The first-order valence-electron chi connectivity index (χ1n) is 6.26. The van der Waals surface area contributed by atoms with Crippen LogP contribution in [-0.2, 0) is 6.42 Å². The summed E-state index contributed by atoms with van der Waals surface area (Å²) >= 11 is 0. The summed E-state index contributed by atoms with van der Waals surface area (Å²) in [6.07, 6.45) is 11.7. The van der Waals surface area contributed by atoms with Crippen LogP contribution < -0.4 is 0 Å². The van der Waals surface area contributed by atoms with Crippen LogP contribution in [0.1, 0.15) is 33.4 Å².